The third kappa shape index (κ3) is 5.62. The molecule has 0 aliphatic carbocycles. The lowest BCUT2D eigenvalue weighted by Gasteiger charge is -2.05. The van der Waals surface area contributed by atoms with Gasteiger partial charge in [0.25, 0.3) is 10.1 Å². The molecule has 0 fully saturated rings. The Kier molecular flexibility index (Phi) is 6.93. The van der Waals surface area contributed by atoms with Gasteiger partial charge in [0.05, 0.1) is 11.5 Å². The highest BCUT2D eigenvalue weighted by Gasteiger charge is 2.13. The van der Waals surface area contributed by atoms with Crippen LogP contribution in [-0.4, -0.2) is 28.2 Å². The van der Waals surface area contributed by atoms with Crippen molar-refractivity contribution in [2.45, 2.75) is 31.1 Å². The minimum Gasteiger partial charge on any atom is -0.381 e. The van der Waals surface area contributed by atoms with Crippen molar-refractivity contribution in [2.75, 3.05) is 19.8 Å². The predicted octanol–water partition coefficient (Wildman–Crippen LogP) is 2.60. The van der Waals surface area contributed by atoms with E-state index in [9.17, 15) is 8.42 Å². The zero-order chi connectivity index (χ0) is 13.3. The van der Waals surface area contributed by atoms with Crippen molar-refractivity contribution in [3.8, 4) is 0 Å². The molecule has 5 heteroatoms. The number of hydrogen-bond acceptors (Lipinski definition) is 4. The lowest BCUT2D eigenvalue weighted by atomic mass is 10.3. The third-order valence-corrected chi connectivity index (χ3v) is 3.63. The Morgan fingerprint density at radius 3 is 2.33 bits per heavy atom. The summed E-state index contributed by atoms with van der Waals surface area (Å²) in [5, 5.41) is 0. The Bertz CT molecular complexity index is 414. The van der Waals surface area contributed by atoms with Crippen LogP contribution in [0.4, 0.5) is 0 Å². The zero-order valence-corrected chi connectivity index (χ0v) is 11.5. The molecule has 0 saturated heterocycles. The SMILES string of the molecule is CCCOCCCCOS(=O)(=O)c1ccccc1. The smallest absolute Gasteiger partial charge is 0.296 e. The van der Waals surface area contributed by atoms with E-state index in [0.717, 1.165) is 19.4 Å². The fourth-order valence-corrected chi connectivity index (χ4v) is 2.34. The second-order valence-electron chi connectivity index (χ2n) is 3.91. The van der Waals surface area contributed by atoms with E-state index >= 15 is 0 Å². The molecule has 18 heavy (non-hydrogen) atoms. The Hall–Kier alpha value is -0.910. The first-order valence-electron chi connectivity index (χ1n) is 6.19. The lowest BCUT2D eigenvalue weighted by molar-refractivity contribution is 0.127. The van der Waals surface area contributed by atoms with Crippen molar-refractivity contribution in [2.24, 2.45) is 0 Å². The Morgan fingerprint density at radius 2 is 1.67 bits per heavy atom. The van der Waals surface area contributed by atoms with Gasteiger partial charge in [0.2, 0.25) is 0 Å². The first kappa shape index (κ1) is 15.1. The molecule has 0 heterocycles. The normalized spacial score (nSPS) is 11.6. The molecule has 0 unspecified atom stereocenters. The first-order valence-corrected chi connectivity index (χ1v) is 7.60. The van der Waals surface area contributed by atoms with Crippen LogP contribution in [0.3, 0.4) is 0 Å². The summed E-state index contributed by atoms with van der Waals surface area (Å²) < 4.78 is 33.7. The van der Waals surface area contributed by atoms with E-state index in [1.54, 1.807) is 18.2 Å². The molecule has 0 spiro atoms. The third-order valence-electron chi connectivity index (χ3n) is 2.30. The molecule has 0 amide bonds. The van der Waals surface area contributed by atoms with Crippen LogP contribution in [0, 0.1) is 0 Å². The maximum atomic E-state index is 11.7. The van der Waals surface area contributed by atoms with Gasteiger partial charge >= 0.3 is 0 Å². The van der Waals surface area contributed by atoms with Crippen LogP contribution in [0.15, 0.2) is 35.2 Å². The predicted molar refractivity (Wildman–Crippen MR) is 69.9 cm³/mol. The van der Waals surface area contributed by atoms with Gasteiger partial charge in [0, 0.05) is 13.2 Å². The lowest BCUT2D eigenvalue weighted by Crippen LogP contribution is -2.08. The minimum atomic E-state index is -3.60. The highest BCUT2D eigenvalue weighted by atomic mass is 32.2. The molecule has 1 aromatic carbocycles. The summed E-state index contributed by atoms with van der Waals surface area (Å²) in [5.74, 6) is 0. The van der Waals surface area contributed by atoms with E-state index in [0.29, 0.717) is 13.0 Å². The Labute approximate surface area is 109 Å². The van der Waals surface area contributed by atoms with Crippen molar-refractivity contribution in [3.05, 3.63) is 30.3 Å². The molecule has 4 nitrogen and oxygen atoms in total. The second-order valence-corrected chi connectivity index (χ2v) is 5.52. The fraction of sp³-hybridized carbons (Fsp3) is 0.538. The maximum absolute atomic E-state index is 11.7. The summed E-state index contributed by atoms with van der Waals surface area (Å²) in [5.41, 5.74) is 0. The summed E-state index contributed by atoms with van der Waals surface area (Å²) in [6.07, 6.45) is 2.49. The van der Waals surface area contributed by atoms with Gasteiger partial charge in [-0.3, -0.25) is 4.18 Å². The molecule has 0 aliphatic rings. The van der Waals surface area contributed by atoms with Crippen LogP contribution in [-0.2, 0) is 19.0 Å². The van der Waals surface area contributed by atoms with E-state index in [2.05, 4.69) is 6.92 Å². The molecule has 102 valence electrons. The van der Waals surface area contributed by atoms with Crippen molar-refractivity contribution < 1.29 is 17.3 Å². The summed E-state index contributed by atoms with van der Waals surface area (Å²) in [6, 6.07) is 8.17. The van der Waals surface area contributed by atoms with Gasteiger partial charge in [-0.15, -0.1) is 0 Å². The van der Waals surface area contributed by atoms with Gasteiger partial charge < -0.3 is 4.74 Å². The van der Waals surface area contributed by atoms with E-state index in [4.69, 9.17) is 8.92 Å². The van der Waals surface area contributed by atoms with Crippen LogP contribution in [0.2, 0.25) is 0 Å². The molecule has 0 aromatic heterocycles. The first-order chi connectivity index (χ1) is 8.67. The van der Waals surface area contributed by atoms with E-state index in [1.165, 1.54) is 12.1 Å². The van der Waals surface area contributed by atoms with E-state index in [-0.39, 0.29) is 11.5 Å². The van der Waals surface area contributed by atoms with Crippen LogP contribution in [0.1, 0.15) is 26.2 Å². The highest BCUT2D eigenvalue weighted by Crippen LogP contribution is 2.11. The number of hydrogen-bond donors (Lipinski definition) is 0. The largest absolute Gasteiger partial charge is 0.381 e. The summed E-state index contributed by atoms with van der Waals surface area (Å²) in [4.78, 5) is 0.201. The van der Waals surface area contributed by atoms with Crippen LogP contribution in [0.5, 0.6) is 0 Å². The summed E-state index contributed by atoms with van der Waals surface area (Å²) in [6.45, 7) is 3.66. The fourth-order valence-electron chi connectivity index (χ4n) is 1.38. The molecule has 1 aromatic rings. The molecule has 0 radical (unpaired) electrons. The average Bonchev–Trinajstić information content (AvgIpc) is 2.39. The van der Waals surface area contributed by atoms with Gasteiger partial charge in [-0.25, -0.2) is 0 Å². The maximum Gasteiger partial charge on any atom is 0.296 e. The topological polar surface area (TPSA) is 52.6 Å². The van der Waals surface area contributed by atoms with Gasteiger partial charge in [-0.1, -0.05) is 25.1 Å². The number of ether oxygens (including phenoxy) is 1. The average molecular weight is 272 g/mol. The molecular weight excluding hydrogens is 252 g/mol. The molecule has 0 saturated carbocycles. The minimum absolute atomic E-state index is 0.201. The standard InChI is InChI=1S/C13H20O4S/c1-2-10-16-11-6-7-12-17-18(14,15)13-8-4-3-5-9-13/h3-5,8-9H,2,6-7,10-12H2,1H3. The van der Waals surface area contributed by atoms with Gasteiger partial charge in [-0.2, -0.15) is 8.42 Å². The number of unbranched alkanes of at least 4 members (excludes halogenated alkanes) is 1. The van der Waals surface area contributed by atoms with E-state index < -0.39 is 10.1 Å². The molecular formula is C13H20O4S. The van der Waals surface area contributed by atoms with E-state index in [1.807, 2.05) is 0 Å². The van der Waals surface area contributed by atoms with Gasteiger partial charge in [0.1, 0.15) is 0 Å². The highest BCUT2D eigenvalue weighted by molar-refractivity contribution is 7.86. The molecule has 1 rings (SSSR count). The number of benzene rings is 1. The molecule has 0 atom stereocenters. The van der Waals surface area contributed by atoms with Crippen molar-refractivity contribution in [3.63, 3.8) is 0 Å². The second kappa shape index (κ2) is 8.24. The quantitative estimate of drug-likeness (QED) is 0.512. The van der Waals surface area contributed by atoms with Crippen LogP contribution < -0.4 is 0 Å². The number of rotatable bonds is 9. The van der Waals surface area contributed by atoms with Gasteiger partial charge in [-0.05, 0) is 31.4 Å². The van der Waals surface area contributed by atoms with Crippen LogP contribution >= 0.6 is 0 Å². The summed E-state index contributed by atoms with van der Waals surface area (Å²) >= 11 is 0. The monoisotopic (exact) mass is 272 g/mol. The van der Waals surface area contributed by atoms with Crippen molar-refractivity contribution in [1.82, 2.24) is 0 Å². The Balaban J connectivity index is 2.23. The van der Waals surface area contributed by atoms with Crippen LogP contribution in [0.25, 0.3) is 0 Å². The molecule has 0 aliphatic heterocycles. The molecule has 0 bridgehead atoms. The molecule has 0 N–H and O–H groups in total. The van der Waals surface area contributed by atoms with Crippen molar-refractivity contribution in [1.29, 1.82) is 0 Å². The Morgan fingerprint density at radius 1 is 1.00 bits per heavy atom. The summed E-state index contributed by atoms with van der Waals surface area (Å²) in [7, 11) is -3.60. The van der Waals surface area contributed by atoms with Gasteiger partial charge in [0.15, 0.2) is 0 Å². The zero-order valence-electron chi connectivity index (χ0n) is 10.7. The van der Waals surface area contributed by atoms with Crippen molar-refractivity contribution >= 4 is 10.1 Å².